The van der Waals surface area contributed by atoms with Gasteiger partial charge in [-0.3, -0.25) is 4.90 Å². The molecular weight excluding hydrogens is 348 g/mol. The summed E-state index contributed by atoms with van der Waals surface area (Å²) >= 11 is 0. The lowest BCUT2D eigenvalue weighted by Crippen LogP contribution is -2.45. The minimum Gasteiger partial charge on any atom is -0.428 e. The van der Waals surface area contributed by atoms with Crippen molar-refractivity contribution < 1.29 is 22.3 Å². The van der Waals surface area contributed by atoms with Crippen LogP contribution in [0, 0.1) is 0 Å². The maximum Gasteiger partial charge on any atom is 0.461 e. The molecule has 1 heterocycles. The molecule has 0 aliphatic carbocycles. The highest BCUT2D eigenvalue weighted by molar-refractivity contribution is 5.85. The van der Waals surface area contributed by atoms with Crippen molar-refractivity contribution in [2.24, 2.45) is 0 Å². The van der Waals surface area contributed by atoms with Crippen molar-refractivity contribution in [3.05, 3.63) is 29.8 Å². The molecular formula is C16H23ClF4N2O. The van der Waals surface area contributed by atoms with Crippen molar-refractivity contribution in [1.29, 1.82) is 0 Å². The van der Waals surface area contributed by atoms with Crippen molar-refractivity contribution in [2.75, 3.05) is 26.2 Å². The van der Waals surface area contributed by atoms with Crippen LogP contribution in [-0.2, 0) is 0 Å². The van der Waals surface area contributed by atoms with E-state index in [4.69, 9.17) is 0 Å². The minimum absolute atomic E-state index is 0. The van der Waals surface area contributed by atoms with Crippen LogP contribution < -0.4 is 10.1 Å². The van der Waals surface area contributed by atoms with Crippen molar-refractivity contribution >= 4 is 12.4 Å². The Kier molecular flexibility index (Phi) is 8.26. The third-order valence-electron chi connectivity index (χ3n) is 3.91. The maximum absolute atomic E-state index is 13.1. The van der Waals surface area contributed by atoms with E-state index >= 15 is 0 Å². The lowest BCUT2D eigenvalue weighted by Gasteiger charge is -2.35. The molecule has 0 unspecified atom stereocenters. The molecule has 1 aliphatic heterocycles. The summed E-state index contributed by atoms with van der Waals surface area (Å²) < 4.78 is 54.9. The first-order chi connectivity index (χ1) is 10.9. The van der Waals surface area contributed by atoms with Crippen molar-refractivity contribution in [2.45, 2.75) is 38.3 Å². The van der Waals surface area contributed by atoms with E-state index in [0.717, 1.165) is 44.6 Å². The largest absolute Gasteiger partial charge is 0.461 e. The second-order valence-electron chi connectivity index (χ2n) is 5.63. The fourth-order valence-corrected chi connectivity index (χ4v) is 2.81. The quantitative estimate of drug-likeness (QED) is 0.732. The molecule has 1 fully saturated rings. The average molecular weight is 371 g/mol. The van der Waals surface area contributed by atoms with Gasteiger partial charge in [0.15, 0.2) is 0 Å². The molecule has 24 heavy (non-hydrogen) atoms. The molecule has 3 nitrogen and oxygen atoms in total. The van der Waals surface area contributed by atoms with Gasteiger partial charge in [-0.2, -0.15) is 17.6 Å². The summed E-state index contributed by atoms with van der Waals surface area (Å²) in [4.78, 5) is 2.28. The Morgan fingerprint density at radius 1 is 1.25 bits per heavy atom. The zero-order valence-corrected chi connectivity index (χ0v) is 14.3. The number of benzene rings is 1. The fourth-order valence-electron chi connectivity index (χ4n) is 2.81. The number of nitrogens with one attached hydrogen (secondary N) is 1. The standard InChI is InChI=1S/C16H22F4N2O.ClH/c1-2-4-14(22-9-7-21-8-10-22)12-5-3-6-13(11-12)23-16(19,20)15(17)18;/h3,5-6,11,14-15,21H,2,4,7-10H2,1H3;1H/t14-;/m0./s1. The molecule has 0 spiro atoms. The van der Waals surface area contributed by atoms with Gasteiger partial charge < -0.3 is 10.1 Å². The Labute approximate surface area is 145 Å². The Balaban J connectivity index is 0.00000288. The molecule has 2 rings (SSSR count). The summed E-state index contributed by atoms with van der Waals surface area (Å²) in [6.07, 6.45) is -6.53. The van der Waals surface area contributed by atoms with Gasteiger partial charge in [-0.15, -0.1) is 12.4 Å². The molecule has 138 valence electrons. The maximum atomic E-state index is 13.1. The van der Waals surface area contributed by atoms with Crippen molar-refractivity contribution in [3.63, 3.8) is 0 Å². The second-order valence-corrected chi connectivity index (χ2v) is 5.63. The van der Waals surface area contributed by atoms with Gasteiger partial charge in [-0.05, 0) is 24.1 Å². The zero-order valence-electron chi connectivity index (χ0n) is 13.5. The summed E-state index contributed by atoms with van der Waals surface area (Å²) in [6.45, 7) is 5.53. The lowest BCUT2D eigenvalue weighted by atomic mass is 9.99. The zero-order chi connectivity index (χ0) is 16.9. The Hall–Kier alpha value is -1.05. The predicted molar refractivity (Wildman–Crippen MR) is 87.4 cm³/mol. The van der Waals surface area contributed by atoms with Crippen LogP contribution in [0.2, 0.25) is 0 Å². The summed E-state index contributed by atoms with van der Waals surface area (Å²) in [5.74, 6) is -0.232. The Morgan fingerprint density at radius 3 is 2.50 bits per heavy atom. The molecule has 0 bridgehead atoms. The number of hydrogen-bond donors (Lipinski definition) is 1. The average Bonchev–Trinajstić information content (AvgIpc) is 2.53. The van der Waals surface area contributed by atoms with Gasteiger partial charge in [0.2, 0.25) is 0 Å². The van der Waals surface area contributed by atoms with E-state index in [1.54, 1.807) is 6.07 Å². The van der Waals surface area contributed by atoms with Crippen LogP contribution in [0.25, 0.3) is 0 Å². The molecule has 0 saturated carbocycles. The van der Waals surface area contributed by atoms with Gasteiger partial charge in [-0.1, -0.05) is 25.5 Å². The number of rotatable bonds is 7. The smallest absolute Gasteiger partial charge is 0.428 e. The highest BCUT2D eigenvalue weighted by Crippen LogP contribution is 2.32. The lowest BCUT2D eigenvalue weighted by molar-refractivity contribution is -0.253. The Bertz CT molecular complexity index is 499. The van der Waals surface area contributed by atoms with Gasteiger partial charge in [-0.25, -0.2) is 0 Å². The summed E-state index contributed by atoms with van der Waals surface area (Å²) in [5.41, 5.74) is 0.816. The van der Waals surface area contributed by atoms with E-state index < -0.39 is 12.5 Å². The van der Waals surface area contributed by atoms with Gasteiger partial charge in [0, 0.05) is 32.2 Å². The monoisotopic (exact) mass is 370 g/mol. The van der Waals surface area contributed by atoms with Crippen LogP contribution in [-0.4, -0.2) is 43.6 Å². The van der Waals surface area contributed by atoms with E-state index in [1.165, 1.54) is 12.1 Å². The first-order valence-electron chi connectivity index (χ1n) is 7.83. The molecule has 1 aliphatic rings. The van der Waals surface area contributed by atoms with Gasteiger partial charge >= 0.3 is 12.5 Å². The molecule has 0 aromatic heterocycles. The van der Waals surface area contributed by atoms with E-state index in [2.05, 4.69) is 21.9 Å². The SMILES string of the molecule is CCC[C@@H](c1cccc(OC(F)(F)C(F)F)c1)N1CCNCC1.Cl. The van der Waals surface area contributed by atoms with Gasteiger partial charge in [0.1, 0.15) is 5.75 Å². The van der Waals surface area contributed by atoms with E-state index in [1.807, 2.05) is 6.07 Å². The normalized spacial score (nSPS) is 17.4. The first-order valence-corrected chi connectivity index (χ1v) is 7.83. The number of piperazine rings is 1. The number of halogens is 5. The van der Waals surface area contributed by atoms with Crippen LogP contribution >= 0.6 is 12.4 Å². The van der Waals surface area contributed by atoms with Crippen LogP contribution in [0.3, 0.4) is 0 Å². The van der Waals surface area contributed by atoms with Crippen LogP contribution in [0.4, 0.5) is 17.6 Å². The van der Waals surface area contributed by atoms with Crippen molar-refractivity contribution in [1.82, 2.24) is 10.2 Å². The minimum atomic E-state index is -4.48. The summed E-state index contributed by atoms with van der Waals surface area (Å²) in [6, 6.07) is 6.19. The van der Waals surface area contributed by atoms with Crippen LogP contribution in [0.1, 0.15) is 31.4 Å². The third-order valence-corrected chi connectivity index (χ3v) is 3.91. The van der Waals surface area contributed by atoms with Crippen molar-refractivity contribution in [3.8, 4) is 5.75 Å². The second kappa shape index (κ2) is 9.44. The van der Waals surface area contributed by atoms with E-state index in [-0.39, 0.29) is 24.2 Å². The summed E-state index contributed by atoms with van der Waals surface area (Å²) in [5, 5.41) is 3.27. The highest BCUT2D eigenvalue weighted by atomic mass is 35.5. The molecule has 1 aromatic rings. The molecule has 1 aromatic carbocycles. The molecule has 1 N–H and O–H groups in total. The Morgan fingerprint density at radius 2 is 1.92 bits per heavy atom. The number of hydrogen-bond acceptors (Lipinski definition) is 3. The van der Waals surface area contributed by atoms with Crippen LogP contribution in [0.15, 0.2) is 24.3 Å². The van der Waals surface area contributed by atoms with E-state index in [9.17, 15) is 17.6 Å². The number of nitrogens with zero attached hydrogens (tertiary/aromatic N) is 1. The first kappa shape index (κ1) is 21.0. The predicted octanol–water partition coefficient (Wildman–Crippen LogP) is 4.09. The number of alkyl halides is 4. The van der Waals surface area contributed by atoms with E-state index in [0.29, 0.717) is 0 Å². The van der Waals surface area contributed by atoms with Gasteiger partial charge in [0.25, 0.3) is 0 Å². The van der Waals surface area contributed by atoms with Crippen LogP contribution in [0.5, 0.6) is 5.75 Å². The molecule has 8 heteroatoms. The number of ether oxygens (including phenoxy) is 1. The molecule has 1 atom stereocenters. The summed E-state index contributed by atoms with van der Waals surface area (Å²) in [7, 11) is 0. The molecule has 0 amide bonds. The van der Waals surface area contributed by atoms with Gasteiger partial charge in [0.05, 0.1) is 0 Å². The fraction of sp³-hybridized carbons (Fsp3) is 0.625. The third kappa shape index (κ3) is 5.50. The highest BCUT2D eigenvalue weighted by Gasteiger charge is 2.44. The topological polar surface area (TPSA) is 24.5 Å². The molecule has 1 saturated heterocycles. The molecule has 0 radical (unpaired) electrons.